The molecule has 1 fully saturated rings. The SMILES string of the molecule is O=C(CCc1nnn2c1CN(C(=O)c1ccccc1F)CC2)N1CCOCC1. The van der Waals surface area contributed by atoms with Crippen molar-refractivity contribution < 1.29 is 18.7 Å². The summed E-state index contributed by atoms with van der Waals surface area (Å²) in [5.41, 5.74) is 1.59. The Morgan fingerprint density at radius 2 is 1.86 bits per heavy atom. The van der Waals surface area contributed by atoms with Crippen molar-refractivity contribution in [3.63, 3.8) is 0 Å². The number of hydrogen-bond acceptors (Lipinski definition) is 5. The molecule has 0 N–H and O–H groups in total. The van der Waals surface area contributed by atoms with Crippen molar-refractivity contribution in [3.8, 4) is 0 Å². The lowest BCUT2D eigenvalue weighted by atomic mass is 10.1. The molecule has 2 amide bonds. The van der Waals surface area contributed by atoms with Crippen molar-refractivity contribution in [2.45, 2.75) is 25.9 Å². The average molecular weight is 387 g/mol. The van der Waals surface area contributed by atoms with Crippen LogP contribution in [0.3, 0.4) is 0 Å². The molecule has 1 saturated heterocycles. The van der Waals surface area contributed by atoms with Crippen LogP contribution in [0.5, 0.6) is 0 Å². The third kappa shape index (κ3) is 3.75. The van der Waals surface area contributed by atoms with Gasteiger partial charge in [0.05, 0.1) is 43.3 Å². The minimum atomic E-state index is -0.527. The zero-order valence-electron chi connectivity index (χ0n) is 15.5. The average Bonchev–Trinajstić information content (AvgIpc) is 3.14. The highest BCUT2D eigenvalue weighted by molar-refractivity contribution is 5.94. The third-order valence-corrected chi connectivity index (χ3v) is 5.17. The lowest BCUT2D eigenvalue weighted by molar-refractivity contribution is -0.135. The van der Waals surface area contributed by atoms with Gasteiger partial charge in [-0.3, -0.25) is 9.59 Å². The molecule has 0 unspecified atom stereocenters. The van der Waals surface area contributed by atoms with Gasteiger partial charge in [-0.2, -0.15) is 0 Å². The van der Waals surface area contributed by atoms with E-state index in [1.54, 1.807) is 26.6 Å². The van der Waals surface area contributed by atoms with Gasteiger partial charge in [0.25, 0.3) is 5.91 Å². The van der Waals surface area contributed by atoms with Gasteiger partial charge in [-0.05, 0) is 12.1 Å². The van der Waals surface area contributed by atoms with Crippen LogP contribution < -0.4 is 0 Å². The first-order valence-corrected chi connectivity index (χ1v) is 9.44. The Labute approximate surface area is 161 Å². The Bertz CT molecular complexity index is 878. The smallest absolute Gasteiger partial charge is 0.257 e. The molecule has 2 aliphatic rings. The van der Waals surface area contributed by atoms with Gasteiger partial charge >= 0.3 is 0 Å². The molecule has 4 rings (SSSR count). The van der Waals surface area contributed by atoms with Crippen molar-refractivity contribution in [2.24, 2.45) is 0 Å². The maximum atomic E-state index is 14.0. The van der Waals surface area contributed by atoms with E-state index in [0.717, 1.165) is 5.69 Å². The van der Waals surface area contributed by atoms with Gasteiger partial charge in [0.2, 0.25) is 5.91 Å². The number of ether oxygens (including phenoxy) is 1. The number of hydrogen-bond donors (Lipinski definition) is 0. The molecule has 0 spiro atoms. The van der Waals surface area contributed by atoms with Crippen LogP contribution in [-0.4, -0.2) is 69.5 Å². The van der Waals surface area contributed by atoms with E-state index in [9.17, 15) is 14.0 Å². The first-order chi connectivity index (χ1) is 13.6. The number of benzene rings is 1. The summed E-state index contributed by atoms with van der Waals surface area (Å²) in [6.07, 6.45) is 0.806. The highest BCUT2D eigenvalue weighted by Gasteiger charge is 2.27. The van der Waals surface area contributed by atoms with E-state index in [2.05, 4.69) is 10.3 Å². The lowest BCUT2D eigenvalue weighted by Gasteiger charge is -2.28. The molecule has 0 saturated carbocycles. The Kier molecular flexibility index (Phi) is 5.34. The fourth-order valence-corrected chi connectivity index (χ4v) is 3.57. The van der Waals surface area contributed by atoms with E-state index in [1.165, 1.54) is 12.1 Å². The van der Waals surface area contributed by atoms with E-state index in [-0.39, 0.29) is 17.4 Å². The number of carbonyl (C=O) groups is 2. The first kappa shape index (κ1) is 18.5. The van der Waals surface area contributed by atoms with Gasteiger partial charge in [0.1, 0.15) is 5.82 Å². The zero-order chi connectivity index (χ0) is 19.5. The van der Waals surface area contributed by atoms with Crippen LogP contribution in [0.1, 0.15) is 28.2 Å². The predicted molar refractivity (Wildman–Crippen MR) is 96.9 cm³/mol. The largest absolute Gasteiger partial charge is 0.378 e. The molecule has 148 valence electrons. The quantitative estimate of drug-likeness (QED) is 0.778. The van der Waals surface area contributed by atoms with E-state index in [4.69, 9.17) is 4.74 Å². The molecule has 28 heavy (non-hydrogen) atoms. The molecule has 3 heterocycles. The summed E-state index contributed by atoms with van der Waals surface area (Å²) in [5.74, 6) is -0.804. The second-order valence-corrected chi connectivity index (χ2v) is 6.91. The summed E-state index contributed by atoms with van der Waals surface area (Å²) in [6.45, 7) is 3.62. The van der Waals surface area contributed by atoms with Gasteiger partial charge in [-0.1, -0.05) is 17.3 Å². The molecule has 1 aromatic carbocycles. The predicted octanol–water partition coefficient (Wildman–Crippen LogP) is 0.865. The normalized spacial score (nSPS) is 16.8. The molecular weight excluding hydrogens is 365 g/mol. The number of fused-ring (bicyclic) bond motifs is 1. The van der Waals surface area contributed by atoms with Gasteiger partial charge in [0, 0.05) is 32.5 Å². The molecule has 2 aliphatic heterocycles. The highest BCUT2D eigenvalue weighted by atomic mass is 19.1. The van der Waals surface area contributed by atoms with Crippen molar-refractivity contribution in [1.29, 1.82) is 0 Å². The fraction of sp³-hybridized carbons (Fsp3) is 0.474. The van der Waals surface area contributed by atoms with E-state index in [1.807, 2.05) is 0 Å². The van der Waals surface area contributed by atoms with Crippen LogP contribution in [0.4, 0.5) is 4.39 Å². The Balaban J connectivity index is 1.42. The van der Waals surface area contributed by atoms with E-state index in [0.29, 0.717) is 64.5 Å². The number of amides is 2. The number of aryl methyl sites for hydroxylation is 1. The Morgan fingerprint density at radius 3 is 2.64 bits per heavy atom. The molecule has 9 heteroatoms. The topological polar surface area (TPSA) is 80.6 Å². The van der Waals surface area contributed by atoms with Gasteiger partial charge in [-0.15, -0.1) is 5.10 Å². The minimum Gasteiger partial charge on any atom is -0.378 e. The minimum absolute atomic E-state index is 0.0625. The number of rotatable bonds is 4. The summed E-state index contributed by atoms with van der Waals surface area (Å²) in [6, 6.07) is 5.98. The van der Waals surface area contributed by atoms with Crippen molar-refractivity contribution in [2.75, 3.05) is 32.8 Å². The van der Waals surface area contributed by atoms with Crippen LogP contribution in [0.15, 0.2) is 24.3 Å². The second kappa shape index (κ2) is 8.05. The molecule has 0 atom stereocenters. The first-order valence-electron chi connectivity index (χ1n) is 9.44. The molecule has 8 nitrogen and oxygen atoms in total. The van der Waals surface area contributed by atoms with Crippen molar-refractivity contribution in [3.05, 3.63) is 47.0 Å². The summed E-state index contributed by atoms with van der Waals surface area (Å²) < 4.78 is 21.0. The van der Waals surface area contributed by atoms with Crippen LogP contribution in [0.2, 0.25) is 0 Å². The Morgan fingerprint density at radius 1 is 1.07 bits per heavy atom. The van der Waals surface area contributed by atoms with E-state index < -0.39 is 5.82 Å². The molecule has 0 aliphatic carbocycles. The summed E-state index contributed by atoms with van der Waals surface area (Å²) >= 11 is 0. The number of morpholine rings is 1. The van der Waals surface area contributed by atoms with Crippen LogP contribution in [-0.2, 0) is 29.0 Å². The van der Waals surface area contributed by atoms with Crippen LogP contribution in [0.25, 0.3) is 0 Å². The van der Waals surface area contributed by atoms with Crippen LogP contribution in [0, 0.1) is 5.82 Å². The van der Waals surface area contributed by atoms with Gasteiger partial charge in [0.15, 0.2) is 0 Å². The standard InChI is InChI=1S/C19H22FN5O3/c20-15-4-2-1-3-14(15)19(27)24-7-8-25-17(13-24)16(21-22-25)5-6-18(26)23-9-11-28-12-10-23/h1-4H,5-13H2. The summed E-state index contributed by atoms with van der Waals surface area (Å²) in [5, 5.41) is 8.35. The monoisotopic (exact) mass is 387 g/mol. The number of nitrogens with zero attached hydrogens (tertiary/aromatic N) is 5. The van der Waals surface area contributed by atoms with E-state index >= 15 is 0 Å². The van der Waals surface area contributed by atoms with Crippen LogP contribution >= 0.6 is 0 Å². The highest BCUT2D eigenvalue weighted by Crippen LogP contribution is 2.19. The fourth-order valence-electron chi connectivity index (χ4n) is 3.57. The maximum Gasteiger partial charge on any atom is 0.257 e. The summed E-state index contributed by atoms with van der Waals surface area (Å²) in [4.78, 5) is 28.5. The molecule has 0 bridgehead atoms. The van der Waals surface area contributed by atoms with Gasteiger partial charge in [-0.25, -0.2) is 9.07 Å². The molecular formula is C19H22FN5O3. The summed E-state index contributed by atoms with van der Waals surface area (Å²) in [7, 11) is 0. The number of carbonyl (C=O) groups excluding carboxylic acids is 2. The number of aromatic nitrogens is 3. The molecule has 1 aromatic heterocycles. The Hall–Kier alpha value is -2.81. The second-order valence-electron chi connectivity index (χ2n) is 6.91. The lowest BCUT2D eigenvalue weighted by Crippen LogP contribution is -2.41. The van der Waals surface area contributed by atoms with Gasteiger partial charge < -0.3 is 14.5 Å². The maximum absolute atomic E-state index is 14.0. The van der Waals surface area contributed by atoms with Crippen molar-refractivity contribution >= 4 is 11.8 Å². The molecule has 0 radical (unpaired) electrons. The molecule has 2 aromatic rings. The zero-order valence-corrected chi connectivity index (χ0v) is 15.5. The van der Waals surface area contributed by atoms with Crippen molar-refractivity contribution in [1.82, 2.24) is 24.8 Å². The third-order valence-electron chi connectivity index (χ3n) is 5.17. The number of halogens is 1.